The highest BCUT2D eigenvalue weighted by molar-refractivity contribution is 8.13. The van der Waals surface area contributed by atoms with Gasteiger partial charge in [-0.25, -0.2) is 0 Å². The van der Waals surface area contributed by atoms with Crippen LogP contribution >= 0.6 is 11.8 Å². The number of thioether (sulfide) groups is 1. The summed E-state index contributed by atoms with van der Waals surface area (Å²) >= 11 is 1.65. The van der Waals surface area contributed by atoms with E-state index in [9.17, 15) is 4.79 Å². The third-order valence-electron chi connectivity index (χ3n) is 5.57. The van der Waals surface area contributed by atoms with Crippen LogP contribution < -0.4 is 0 Å². The summed E-state index contributed by atoms with van der Waals surface area (Å²) in [5.74, 6) is 0.691. The topological polar surface area (TPSA) is 32.7 Å². The molecule has 2 atom stereocenters. The molecule has 1 aliphatic heterocycles. The van der Waals surface area contributed by atoms with E-state index >= 15 is 0 Å². The summed E-state index contributed by atoms with van der Waals surface area (Å²) in [6.45, 7) is 0.543. The molecule has 3 nitrogen and oxygen atoms in total. The van der Waals surface area contributed by atoms with E-state index in [1.54, 1.807) is 11.8 Å². The van der Waals surface area contributed by atoms with Gasteiger partial charge in [0.05, 0.1) is 18.5 Å². The molecule has 4 heteroatoms. The quantitative estimate of drug-likeness (QED) is 0.562. The molecule has 0 saturated carbocycles. The second-order valence-electron chi connectivity index (χ2n) is 7.53. The predicted octanol–water partition coefficient (Wildman–Crippen LogP) is 5.58. The molecule has 1 aliphatic carbocycles. The number of amidine groups is 1. The molecule has 0 fully saturated rings. The van der Waals surface area contributed by atoms with E-state index in [2.05, 4.69) is 54.6 Å². The Labute approximate surface area is 180 Å². The molecule has 0 bridgehead atoms. The minimum absolute atomic E-state index is 0.107. The highest BCUT2D eigenvalue weighted by Gasteiger charge is 2.36. The smallest absolute Gasteiger partial charge is 0.238 e. The van der Waals surface area contributed by atoms with Crippen molar-refractivity contribution in [1.82, 2.24) is 4.90 Å². The predicted molar refractivity (Wildman–Crippen MR) is 125 cm³/mol. The number of hydrogen-bond acceptors (Lipinski definition) is 3. The lowest BCUT2D eigenvalue weighted by Gasteiger charge is -2.35. The Hall–Kier alpha value is -3.11. The summed E-state index contributed by atoms with van der Waals surface area (Å²) in [7, 11) is 0. The first-order valence-electron chi connectivity index (χ1n) is 10.2. The average molecular weight is 411 g/mol. The molecule has 30 heavy (non-hydrogen) atoms. The minimum atomic E-state index is -0.208. The minimum Gasteiger partial charge on any atom is -0.286 e. The van der Waals surface area contributed by atoms with Crippen LogP contribution in [0.25, 0.3) is 10.8 Å². The Morgan fingerprint density at radius 2 is 1.63 bits per heavy atom. The van der Waals surface area contributed by atoms with Gasteiger partial charge in [0.25, 0.3) is 0 Å². The van der Waals surface area contributed by atoms with Crippen molar-refractivity contribution in [3.05, 3.63) is 108 Å². The van der Waals surface area contributed by atoms with E-state index in [-0.39, 0.29) is 17.9 Å². The molecule has 1 heterocycles. The van der Waals surface area contributed by atoms with Gasteiger partial charge < -0.3 is 0 Å². The van der Waals surface area contributed by atoms with Crippen molar-refractivity contribution < 1.29 is 4.79 Å². The highest BCUT2D eigenvalue weighted by Crippen LogP contribution is 2.31. The van der Waals surface area contributed by atoms with Crippen LogP contribution in [-0.2, 0) is 17.1 Å². The second kappa shape index (κ2) is 8.33. The molecule has 0 N–H and O–H groups in total. The van der Waals surface area contributed by atoms with Crippen molar-refractivity contribution in [2.24, 2.45) is 10.9 Å². The molecular formula is C26H22N2OS. The van der Waals surface area contributed by atoms with Crippen molar-refractivity contribution in [2.75, 3.05) is 0 Å². The third-order valence-corrected chi connectivity index (χ3v) is 6.61. The standard InChI is InChI=1S/C26H22N2OS/c29-25-23-15-6-7-16-24(23)27-26(28(25)17-19-9-2-1-3-10-19)30-18-21-13-8-12-20-11-4-5-14-22(20)21/h1-16,23-24H,17-18H2/t23-,24+/m0/s1. The number of carbonyl (C=O) groups excluding carboxylic acids is 1. The van der Waals surface area contributed by atoms with Crippen LogP contribution in [0, 0.1) is 5.92 Å². The number of carbonyl (C=O) groups is 1. The maximum Gasteiger partial charge on any atom is 0.238 e. The lowest BCUT2D eigenvalue weighted by molar-refractivity contribution is -0.131. The van der Waals surface area contributed by atoms with Crippen LogP contribution in [0.2, 0.25) is 0 Å². The summed E-state index contributed by atoms with van der Waals surface area (Å²) in [4.78, 5) is 20.2. The van der Waals surface area contributed by atoms with E-state index in [0.29, 0.717) is 6.54 Å². The fraction of sp³-hybridized carbons (Fsp3) is 0.154. The van der Waals surface area contributed by atoms with Gasteiger partial charge in [-0.2, -0.15) is 0 Å². The van der Waals surface area contributed by atoms with Crippen LogP contribution in [0.15, 0.2) is 102 Å². The van der Waals surface area contributed by atoms with Crippen molar-refractivity contribution >= 4 is 33.6 Å². The zero-order chi connectivity index (χ0) is 20.3. The Balaban J connectivity index is 1.45. The van der Waals surface area contributed by atoms with Crippen LogP contribution in [0.5, 0.6) is 0 Å². The van der Waals surface area contributed by atoms with Gasteiger partial charge in [-0.15, -0.1) is 0 Å². The number of amides is 1. The first-order chi connectivity index (χ1) is 14.8. The normalized spacial score (nSPS) is 20.3. The van der Waals surface area contributed by atoms with Gasteiger partial charge >= 0.3 is 0 Å². The molecular weight excluding hydrogens is 388 g/mol. The van der Waals surface area contributed by atoms with Crippen LogP contribution in [0.4, 0.5) is 0 Å². The van der Waals surface area contributed by atoms with E-state index in [0.717, 1.165) is 16.5 Å². The summed E-state index contributed by atoms with van der Waals surface area (Å²) in [6.07, 6.45) is 7.93. The maximum absolute atomic E-state index is 13.3. The van der Waals surface area contributed by atoms with Gasteiger partial charge in [-0.3, -0.25) is 14.7 Å². The largest absolute Gasteiger partial charge is 0.286 e. The van der Waals surface area contributed by atoms with Crippen LogP contribution in [-0.4, -0.2) is 22.0 Å². The summed E-state index contributed by atoms with van der Waals surface area (Å²) in [5, 5.41) is 3.29. The molecule has 2 aliphatic rings. The highest BCUT2D eigenvalue weighted by atomic mass is 32.2. The first kappa shape index (κ1) is 18.9. The molecule has 5 rings (SSSR count). The Morgan fingerprint density at radius 3 is 2.53 bits per heavy atom. The van der Waals surface area contributed by atoms with E-state index in [1.807, 2.05) is 47.4 Å². The first-order valence-corrected chi connectivity index (χ1v) is 11.2. The number of rotatable bonds is 4. The Kier molecular flexibility index (Phi) is 5.24. The van der Waals surface area contributed by atoms with Crippen molar-refractivity contribution in [3.63, 3.8) is 0 Å². The van der Waals surface area contributed by atoms with Gasteiger partial charge in [0.1, 0.15) is 0 Å². The lowest BCUT2D eigenvalue weighted by Crippen LogP contribution is -2.46. The molecule has 0 spiro atoms. The number of benzene rings is 3. The zero-order valence-corrected chi connectivity index (χ0v) is 17.3. The molecule has 0 unspecified atom stereocenters. The van der Waals surface area contributed by atoms with Crippen LogP contribution in [0.1, 0.15) is 11.1 Å². The molecule has 148 valence electrons. The number of fused-ring (bicyclic) bond motifs is 2. The number of aliphatic imine (C=N–C) groups is 1. The molecule has 1 amide bonds. The Bertz CT molecular complexity index is 1160. The second-order valence-corrected chi connectivity index (χ2v) is 8.48. The average Bonchev–Trinajstić information content (AvgIpc) is 2.80. The zero-order valence-electron chi connectivity index (χ0n) is 16.5. The monoisotopic (exact) mass is 410 g/mol. The van der Waals surface area contributed by atoms with Gasteiger partial charge in [0, 0.05) is 5.75 Å². The molecule has 0 radical (unpaired) electrons. The number of nitrogens with zero attached hydrogens (tertiary/aromatic N) is 2. The van der Waals surface area contributed by atoms with Gasteiger partial charge in [-0.1, -0.05) is 109 Å². The lowest BCUT2D eigenvalue weighted by atomic mass is 9.93. The summed E-state index contributed by atoms with van der Waals surface area (Å²) < 4.78 is 0. The van der Waals surface area contributed by atoms with Gasteiger partial charge in [0.15, 0.2) is 5.17 Å². The molecule has 0 saturated heterocycles. The number of hydrogen-bond donors (Lipinski definition) is 0. The summed E-state index contributed by atoms with van der Waals surface area (Å²) in [5.41, 5.74) is 2.37. The van der Waals surface area contributed by atoms with Crippen molar-refractivity contribution in [2.45, 2.75) is 18.3 Å². The van der Waals surface area contributed by atoms with Crippen molar-refractivity contribution in [1.29, 1.82) is 0 Å². The van der Waals surface area contributed by atoms with Crippen LogP contribution in [0.3, 0.4) is 0 Å². The number of allylic oxidation sites excluding steroid dienone is 2. The fourth-order valence-electron chi connectivity index (χ4n) is 4.01. The molecule has 3 aromatic carbocycles. The molecule has 3 aromatic rings. The van der Waals surface area contributed by atoms with E-state index in [1.165, 1.54) is 16.3 Å². The fourth-order valence-corrected chi connectivity index (χ4v) is 5.05. The van der Waals surface area contributed by atoms with Crippen molar-refractivity contribution in [3.8, 4) is 0 Å². The SMILES string of the molecule is O=C1[C@H]2C=CC=C[C@H]2N=C(SCc2cccc3ccccc23)N1Cc1ccccc1. The maximum atomic E-state index is 13.3. The van der Waals surface area contributed by atoms with E-state index < -0.39 is 0 Å². The van der Waals surface area contributed by atoms with Gasteiger partial charge in [-0.05, 0) is 21.9 Å². The Morgan fingerprint density at radius 1 is 0.867 bits per heavy atom. The summed E-state index contributed by atoms with van der Waals surface area (Å²) in [6, 6.07) is 24.8. The molecule has 0 aromatic heterocycles. The third kappa shape index (κ3) is 3.71. The van der Waals surface area contributed by atoms with E-state index in [4.69, 9.17) is 4.99 Å². The van der Waals surface area contributed by atoms with Gasteiger partial charge in [0.2, 0.25) is 5.91 Å².